The Hall–Kier alpha value is -0.870. The molecule has 0 aliphatic heterocycles. The van der Waals surface area contributed by atoms with E-state index in [9.17, 15) is 5.11 Å². The van der Waals surface area contributed by atoms with Crippen molar-refractivity contribution in [2.75, 3.05) is 6.61 Å². The Balaban J connectivity index is 2.71. The second kappa shape index (κ2) is 5.65. The molecule has 0 fully saturated rings. The number of hydrogen-bond donors (Lipinski definition) is 2. The van der Waals surface area contributed by atoms with Crippen LogP contribution in [0, 0.1) is 6.92 Å². The molecule has 4 heteroatoms. The summed E-state index contributed by atoms with van der Waals surface area (Å²) in [5.41, 5.74) is -0.246. The molecule has 1 aromatic heterocycles. The largest absolute Gasteiger partial charge is 0.394 e. The number of aliphatic hydroxyl groups is 1. The molecule has 2 N–H and O–H groups in total. The fraction of sp³-hybridized carbons (Fsp3) is 0.769. The lowest BCUT2D eigenvalue weighted by molar-refractivity contribution is 0.142. The van der Waals surface area contributed by atoms with Gasteiger partial charge in [-0.2, -0.15) is 0 Å². The summed E-state index contributed by atoms with van der Waals surface area (Å²) in [5, 5.41) is 13.0. The summed E-state index contributed by atoms with van der Waals surface area (Å²) in [4.78, 5) is 4.23. The number of nitrogens with one attached hydrogen (secondary N) is 1. The van der Waals surface area contributed by atoms with Crippen molar-refractivity contribution < 1.29 is 5.11 Å². The standard InChI is InChI=1S/C13H25N3O/c1-10(2)15-13(5,9-17)8-11(3)16-7-6-14-12(16)4/h6-7,10-11,15,17H,8-9H2,1-5H3. The zero-order valence-electron chi connectivity index (χ0n) is 11.6. The highest BCUT2D eigenvalue weighted by Gasteiger charge is 2.27. The fourth-order valence-electron chi connectivity index (χ4n) is 2.47. The Morgan fingerprint density at radius 3 is 2.53 bits per heavy atom. The number of hydrogen-bond acceptors (Lipinski definition) is 3. The molecule has 0 saturated carbocycles. The topological polar surface area (TPSA) is 50.1 Å². The van der Waals surface area contributed by atoms with E-state index < -0.39 is 0 Å². The van der Waals surface area contributed by atoms with E-state index in [2.05, 4.69) is 42.6 Å². The second-order valence-corrected chi connectivity index (χ2v) is 5.45. The summed E-state index contributed by atoms with van der Waals surface area (Å²) in [6.07, 6.45) is 4.68. The maximum atomic E-state index is 9.56. The van der Waals surface area contributed by atoms with Gasteiger partial charge in [0.25, 0.3) is 0 Å². The Morgan fingerprint density at radius 1 is 1.47 bits per heavy atom. The van der Waals surface area contributed by atoms with Gasteiger partial charge in [-0.15, -0.1) is 0 Å². The third kappa shape index (κ3) is 3.82. The van der Waals surface area contributed by atoms with Crippen LogP contribution >= 0.6 is 0 Å². The van der Waals surface area contributed by atoms with Gasteiger partial charge in [-0.1, -0.05) is 13.8 Å². The van der Waals surface area contributed by atoms with E-state index in [1.807, 2.05) is 19.3 Å². The van der Waals surface area contributed by atoms with Gasteiger partial charge in [0.05, 0.1) is 6.61 Å². The van der Waals surface area contributed by atoms with Crippen LogP contribution in [-0.4, -0.2) is 32.8 Å². The first kappa shape index (κ1) is 14.2. The van der Waals surface area contributed by atoms with Crippen LogP contribution in [0.5, 0.6) is 0 Å². The lowest BCUT2D eigenvalue weighted by atomic mass is 9.93. The van der Waals surface area contributed by atoms with Gasteiger partial charge in [-0.05, 0) is 27.2 Å². The summed E-state index contributed by atoms with van der Waals surface area (Å²) < 4.78 is 2.15. The van der Waals surface area contributed by atoms with Crippen molar-refractivity contribution in [3.8, 4) is 0 Å². The number of rotatable bonds is 6. The summed E-state index contributed by atoms with van der Waals surface area (Å²) in [6, 6.07) is 0.684. The van der Waals surface area contributed by atoms with E-state index in [1.54, 1.807) is 0 Å². The molecule has 0 aromatic carbocycles. The highest BCUT2D eigenvalue weighted by atomic mass is 16.3. The van der Waals surface area contributed by atoms with Crippen LogP contribution in [-0.2, 0) is 0 Å². The van der Waals surface area contributed by atoms with Gasteiger partial charge in [-0.3, -0.25) is 0 Å². The van der Waals surface area contributed by atoms with Crippen LogP contribution in [0.4, 0.5) is 0 Å². The average molecular weight is 239 g/mol. The number of aliphatic hydroxyl groups excluding tert-OH is 1. The minimum Gasteiger partial charge on any atom is -0.394 e. The van der Waals surface area contributed by atoms with Crippen LogP contribution in [0.15, 0.2) is 12.4 Å². The van der Waals surface area contributed by atoms with Crippen molar-refractivity contribution >= 4 is 0 Å². The summed E-state index contributed by atoms with van der Waals surface area (Å²) in [6.45, 7) is 10.6. The molecule has 0 amide bonds. The van der Waals surface area contributed by atoms with Crippen LogP contribution < -0.4 is 5.32 Å². The Labute approximate surface area is 104 Å². The van der Waals surface area contributed by atoms with Crippen LogP contribution in [0.1, 0.15) is 46.0 Å². The molecule has 4 nitrogen and oxygen atoms in total. The van der Waals surface area contributed by atoms with Crippen LogP contribution in [0.2, 0.25) is 0 Å². The van der Waals surface area contributed by atoms with E-state index in [4.69, 9.17) is 0 Å². The lowest BCUT2D eigenvalue weighted by Gasteiger charge is -2.34. The third-order valence-electron chi connectivity index (χ3n) is 3.07. The molecule has 0 radical (unpaired) electrons. The lowest BCUT2D eigenvalue weighted by Crippen LogP contribution is -2.50. The molecule has 98 valence electrons. The second-order valence-electron chi connectivity index (χ2n) is 5.45. The first-order valence-electron chi connectivity index (χ1n) is 6.26. The van der Waals surface area contributed by atoms with Crippen LogP contribution in [0.3, 0.4) is 0 Å². The maximum absolute atomic E-state index is 9.56. The molecule has 0 spiro atoms. The van der Waals surface area contributed by atoms with Gasteiger partial charge in [0.15, 0.2) is 0 Å². The third-order valence-corrected chi connectivity index (χ3v) is 3.07. The summed E-state index contributed by atoms with van der Waals surface area (Å²) in [5.74, 6) is 1.02. The van der Waals surface area contributed by atoms with Crippen molar-refractivity contribution in [3.63, 3.8) is 0 Å². The smallest absolute Gasteiger partial charge is 0.105 e. The summed E-state index contributed by atoms with van der Waals surface area (Å²) in [7, 11) is 0. The molecular formula is C13H25N3O. The molecule has 0 bridgehead atoms. The van der Waals surface area contributed by atoms with Gasteiger partial charge in [0.2, 0.25) is 0 Å². The predicted molar refractivity (Wildman–Crippen MR) is 70.1 cm³/mol. The highest BCUT2D eigenvalue weighted by Crippen LogP contribution is 2.22. The fourth-order valence-corrected chi connectivity index (χ4v) is 2.47. The molecule has 0 aliphatic rings. The van der Waals surface area contributed by atoms with Crippen molar-refractivity contribution in [1.29, 1.82) is 0 Å². The Bertz CT molecular complexity index is 348. The average Bonchev–Trinajstić information content (AvgIpc) is 2.63. The number of aromatic nitrogens is 2. The van der Waals surface area contributed by atoms with E-state index in [1.165, 1.54) is 0 Å². The quantitative estimate of drug-likeness (QED) is 0.797. The number of aryl methyl sites for hydroxylation is 1. The molecule has 17 heavy (non-hydrogen) atoms. The Morgan fingerprint density at radius 2 is 2.12 bits per heavy atom. The van der Waals surface area contributed by atoms with E-state index in [0.29, 0.717) is 12.1 Å². The number of nitrogens with zero attached hydrogens (tertiary/aromatic N) is 2. The van der Waals surface area contributed by atoms with Gasteiger partial charge < -0.3 is 15.0 Å². The first-order valence-corrected chi connectivity index (χ1v) is 6.26. The molecular weight excluding hydrogens is 214 g/mol. The van der Waals surface area contributed by atoms with Gasteiger partial charge in [-0.25, -0.2) is 4.98 Å². The first-order chi connectivity index (χ1) is 7.88. The summed E-state index contributed by atoms with van der Waals surface area (Å²) >= 11 is 0. The van der Waals surface area contributed by atoms with Crippen molar-refractivity contribution in [2.24, 2.45) is 0 Å². The van der Waals surface area contributed by atoms with E-state index in [0.717, 1.165) is 12.2 Å². The van der Waals surface area contributed by atoms with Gasteiger partial charge in [0, 0.05) is 30.0 Å². The monoisotopic (exact) mass is 239 g/mol. The minimum absolute atomic E-state index is 0.142. The molecule has 2 unspecified atom stereocenters. The Kier molecular flexibility index (Phi) is 4.71. The zero-order valence-corrected chi connectivity index (χ0v) is 11.6. The van der Waals surface area contributed by atoms with Crippen LogP contribution in [0.25, 0.3) is 0 Å². The molecule has 1 rings (SSSR count). The van der Waals surface area contributed by atoms with Gasteiger partial charge >= 0.3 is 0 Å². The molecule has 0 aliphatic carbocycles. The zero-order chi connectivity index (χ0) is 13.1. The van der Waals surface area contributed by atoms with Gasteiger partial charge in [0.1, 0.15) is 5.82 Å². The highest BCUT2D eigenvalue weighted by molar-refractivity contribution is 4.95. The molecule has 2 atom stereocenters. The van der Waals surface area contributed by atoms with Crippen molar-refractivity contribution in [2.45, 2.75) is 58.7 Å². The van der Waals surface area contributed by atoms with Crippen molar-refractivity contribution in [1.82, 2.24) is 14.9 Å². The van der Waals surface area contributed by atoms with Crippen molar-refractivity contribution in [3.05, 3.63) is 18.2 Å². The maximum Gasteiger partial charge on any atom is 0.105 e. The SMILES string of the molecule is Cc1nccn1C(C)CC(C)(CO)NC(C)C. The molecule has 0 saturated heterocycles. The minimum atomic E-state index is -0.246. The normalized spacial score (nSPS) is 17.1. The van der Waals surface area contributed by atoms with E-state index >= 15 is 0 Å². The predicted octanol–water partition coefficient (Wildman–Crippen LogP) is 1.89. The molecule has 1 aromatic rings. The number of imidazole rings is 1. The van der Waals surface area contributed by atoms with E-state index in [-0.39, 0.29) is 12.1 Å². The molecule has 1 heterocycles.